The van der Waals surface area contributed by atoms with Crippen molar-refractivity contribution < 1.29 is 22.7 Å². The zero-order valence-electron chi connectivity index (χ0n) is 12.7. The Morgan fingerprint density at radius 3 is 2.83 bits per heavy atom. The Hall–Kier alpha value is -1.51. The van der Waals surface area contributed by atoms with Crippen molar-refractivity contribution in [1.29, 1.82) is 0 Å². The number of hydrogen-bond acceptors (Lipinski definition) is 3. The topological polar surface area (TPSA) is 86.7 Å². The Bertz CT molecular complexity index is 651. The lowest BCUT2D eigenvalue weighted by Crippen LogP contribution is -2.47. The lowest BCUT2D eigenvalue weighted by atomic mass is 10.0. The normalized spacial score (nSPS) is 19.6. The molecule has 2 rings (SSSR count). The second-order valence-electron chi connectivity index (χ2n) is 5.63. The van der Waals surface area contributed by atoms with Crippen molar-refractivity contribution >= 4 is 16.2 Å². The minimum absolute atomic E-state index is 0.00200. The first-order valence-electron chi connectivity index (χ1n) is 7.61. The molecule has 0 radical (unpaired) electrons. The maximum atomic E-state index is 13.5. The summed E-state index contributed by atoms with van der Waals surface area (Å²) in [4.78, 5) is 11.0. The highest BCUT2D eigenvalue weighted by Gasteiger charge is 2.31. The summed E-state index contributed by atoms with van der Waals surface area (Å²) >= 11 is 0. The van der Waals surface area contributed by atoms with Gasteiger partial charge in [0.05, 0.1) is 5.92 Å². The minimum atomic E-state index is -3.69. The molecule has 1 atom stereocenters. The van der Waals surface area contributed by atoms with Gasteiger partial charge in [-0.3, -0.25) is 4.79 Å². The number of benzene rings is 1. The maximum absolute atomic E-state index is 13.5. The predicted molar refractivity (Wildman–Crippen MR) is 83.6 cm³/mol. The zero-order chi connectivity index (χ0) is 16.9. The van der Waals surface area contributed by atoms with Crippen LogP contribution in [0.15, 0.2) is 24.3 Å². The number of aryl methyl sites for hydroxylation is 1. The van der Waals surface area contributed by atoms with Gasteiger partial charge in [-0.25, -0.2) is 9.11 Å². The third-order valence-corrected chi connectivity index (χ3v) is 5.52. The molecule has 1 unspecified atom stereocenters. The first-order chi connectivity index (χ1) is 10.9. The molecule has 128 valence electrons. The molecular weight excluding hydrogens is 323 g/mol. The van der Waals surface area contributed by atoms with Gasteiger partial charge in [-0.05, 0) is 37.3 Å². The largest absolute Gasteiger partial charge is 0.481 e. The molecule has 0 aliphatic carbocycles. The molecule has 8 heteroatoms. The van der Waals surface area contributed by atoms with Crippen LogP contribution in [-0.4, -0.2) is 43.4 Å². The van der Waals surface area contributed by atoms with E-state index in [2.05, 4.69) is 4.72 Å². The molecule has 1 aromatic carbocycles. The van der Waals surface area contributed by atoms with E-state index in [9.17, 15) is 17.6 Å². The number of carbonyl (C=O) groups is 1. The zero-order valence-corrected chi connectivity index (χ0v) is 13.6. The summed E-state index contributed by atoms with van der Waals surface area (Å²) in [6, 6.07) is 6.39. The van der Waals surface area contributed by atoms with E-state index in [0.717, 1.165) is 0 Å². The molecule has 0 bridgehead atoms. The molecule has 0 spiro atoms. The molecule has 23 heavy (non-hydrogen) atoms. The van der Waals surface area contributed by atoms with Gasteiger partial charge in [0.25, 0.3) is 10.2 Å². The Kier molecular flexibility index (Phi) is 6.09. The van der Waals surface area contributed by atoms with Crippen LogP contribution in [0.3, 0.4) is 0 Å². The van der Waals surface area contributed by atoms with Crippen LogP contribution in [0, 0.1) is 11.7 Å². The number of piperidine rings is 1. The molecular formula is C15H21FN2O4S. The number of carboxylic acids is 1. The summed E-state index contributed by atoms with van der Waals surface area (Å²) in [7, 11) is -3.69. The highest BCUT2D eigenvalue weighted by atomic mass is 32.2. The van der Waals surface area contributed by atoms with Crippen molar-refractivity contribution in [1.82, 2.24) is 9.03 Å². The molecule has 2 N–H and O–H groups in total. The van der Waals surface area contributed by atoms with Crippen LogP contribution in [0.5, 0.6) is 0 Å². The third-order valence-electron chi connectivity index (χ3n) is 3.94. The van der Waals surface area contributed by atoms with Crippen LogP contribution in [-0.2, 0) is 21.4 Å². The maximum Gasteiger partial charge on any atom is 0.307 e. The van der Waals surface area contributed by atoms with E-state index in [1.54, 1.807) is 18.2 Å². The lowest BCUT2D eigenvalue weighted by molar-refractivity contribution is -0.142. The standard InChI is InChI=1S/C15H21FN2O4S/c16-14-8-2-1-5-12(14)6-3-9-17-23(21,22)18-10-4-7-13(11-18)15(19)20/h1-2,5,8,13,17H,3-4,6-7,9-11H2,(H,19,20). The van der Waals surface area contributed by atoms with Gasteiger partial charge in [0.15, 0.2) is 0 Å². The first-order valence-corrected chi connectivity index (χ1v) is 9.05. The summed E-state index contributed by atoms with van der Waals surface area (Å²) in [5, 5.41) is 9.01. The van der Waals surface area contributed by atoms with Crippen molar-refractivity contribution in [3.63, 3.8) is 0 Å². The van der Waals surface area contributed by atoms with Crippen molar-refractivity contribution in [3.05, 3.63) is 35.6 Å². The number of carboxylic acid groups (broad SMARTS) is 1. The Balaban J connectivity index is 1.82. The number of rotatable bonds is 7. The second kappa shape index (κ2) is 7.85. The first kappa shape index (κ1) is 17.8. The van der Waals surface area contributed by atoms with Crippen LogP contribution < -0.4 is 4.72 Å². The molecule has 1 aliphatic rings. The van der Waals surface area contributed by atoms with Crippen molar-refractivity contribution in [2.75, 3.05) is 19.6 Å². The Morgan fingerprint density at radius 2 is 2.13 bits per heavy atom. The summed E-state index contributed by atoms with van der Waals surface area (Å²) in [5.41, 5.74) is 0.551. The second-order valence-corrected chi connectivity index (χ2v) is 7.38. The molecule has 0 saturated carbocycles. The minimum Gasteiger partial charge on any atom is -0.481 e. The molecule has 1 heterocycles. The summed E-state index contributed by atoms with van der Waals surface area (Å²) in [6.07, 6.45) is 1.94. The van der Waals surface area contributed by atoms with Crippen LogP contribution in [0.4, 0.5) is 4.39 Å². The number of nitrogens with zero attached hydrogens (tertiary/aromatic N) is 1. The molecule has 0 aromatic heterocycles. The molecule has 1 aliphatic heterocycles. The fourth-order valence-electron chi connectivity index (χ4n) is 2.63. The Morgan fingerprint density at radius 1 is 1.39 bits per heavy atom. The number of hydrogen-bond donors (Lipinski definition) is 2. The van der Waals surface area contributed by atoms with Crippen LogP contribution in [0.25, 0.3) is 0 Å². The molecule has 1 fully saturated rings. The van der Waals surface area contributed by atoms with Crippen LogP contribution in [0.2, 0.25) is 0 Å². The summed E-state index contributed by atoms with van der Waals surface area (Å²) < 4.78 is 41.5. The van der Waals surface area contributed by atoms with E-state index in [0.29, 0.717) is 37.8 Å². The van der Waals surface area contributed by atoms with E-state index in [1.807, 2.05) is 0 Å². The molecule has 6 nitrogen and oxygen atoms in total. The van der Waals surface area contributed by atoms with E-state index in [1.165, 1.54) is 10.4 Å². The molecule has 1 saturated heterocycles. The van der Waals surface area contributed by atoms with Crippen molar-refractivity contribution in [3.8, 4) is 0 Å². The van der Waals surface area contributed by atoms with E-state index in [4.69, 9.17) is 5.11 Å². The fourth-order valence-corrected chi connectivity index (χ4v) is 3.97. The summed E-state index contributed by atoms with van der Waals surface area (Å²) in [5.74, 6) is -1.92. The van der Waals surface area contributed by atoms with Gasteiger partial charge in [0.2, 0.25) is 0 Å². The quantitative estimate of drug-likeness (QED) is 0.732. The van der Waals surface area contributed by atoms with E-state index < -0.39 is 22.1 Å². The van der Waals surface area contributed by atoms with Gasteiger partial charge in [0, 0.05) is 19.6 Å². The smallest absolute Gasteiger partial charge is 0.307 e. The van der Waals surface area contributed by atoms with E-state index >= 15 is 0 Å². The number of nitrogens with one attached hydrogen (secondary N) is 1. The van der Waals surface area contributed by atoms with Crippen molar-refractivity contribution in [2.45, 2.75) is 25.7 Å². The molecule has 0 amide bonds. The average molecular weight is 344 g/mol. The summed E-state index contributed by atoms with van der Waals surface area (Å²) in [6.45, 7) is 0.509. The van der Waals surface area contributed by atoms with Gasteiger partial charge >= 0.3 is 5.97 Å². The fraction of sp³-hybridized carbons (Fsp3) is 0.533. The van der Waals surface area contributed by atoms with Crippen LogP contribution in [0.1, 0.15) is 24.8 Å². The van der Waals surface area contributed by atoms with Gasteiger partial charge in [-0.15, -0.1) is 0 Å². The average Bonchev–Trinajstić information content (AvgIpc) is 2.53. The predicted octanol–water partition coefficient (Wildman–Crippen LogP) is 1.39. The van der Waals surface area contributed by atoms with Crippen LogP contribution >= 0.6 is 0 Å². The number of aliphatic carboxylic acids is 1. The molecule has 1 aromatic rings. The highest BCUT2D eigenvalue weighted by molar-refractivity contribution is 7.87. The van der Waals surface area contributed by atoms with Gasteiger partial charge in [-0.1, -0.05) is 18.2 Å². The SMILES string of the molecule is O=C(O)C1CCCN(S(=O)(=O)NCCCc2ccccc2F)C1. The number of halogens is 1. The Labute approximate surface area is 135 Å². The monoisotopic (exact) mass is 344 g/mol. The third kappa shape index (κ3) is 4.98. The lowest BCUT2D eigenvalue weighted by Gasteiger charge is -2.29. The van der Waals surface area contributed by atoms with E-state index in [-0.39, 0.29) is 18.9 Å². The van der Waals surface area contributed by atoms with Crippen molar-refractivity contribution in [2.24, 2.45) is 5.92 Å². The van der Waals surface area contributed by atoms with Gasteiger partial charge < -0.3 is 5.11 Å². The highest BCUT2D eigenvalue weighted by Crippen LogP contribution is 2.18. The van der Waals surface area contributed by atoms with Gasteiger partial charge in [-0.2, -0.15) is 12.7 Å². The van der Waals surface area contributed by atoms with Gasteiger partial charge in [0.1, 0.15) is 5.82 Å².